The Bertz CT molecular complexity index is 839. The Hall–Kier alpha value is -3.26. The monoisotopic (exact) mass is 420 g/mol. The summed E-state index contributed by atoms with van der Waals surface area (Å²) >= 11 is 5.79. The third kappa shape index (κ3) is 7.34. The van der Waals surface area contributed by atoms with Crippen LogP contribution >= 0.6 is 11.6 Å². The van der Waals surface area contributed by atoms with E-state index in [0.29, 0.717) is 22.1 Å². The minimum atomic E-state index is -0.840. The minimum absolute atomic E-state index is 0.284. The normalized spacial score (nSPS) is 11.1. The molecule has 2 aromatic carbocycles. The van der Waals surface area contributed by atoms with Crippen molar-refractivity contribution < 1.29 is 28.6 Å². The number of esters is 1. The fourth-order valence-corrected chi connectivity index (χ4v) is 2.22. The number of hydrogen-bond donors (Lipinski definition) is 2. The van der Waals surface area contributed by atoms with E-state index in [-0.39, 0.29) is 13.2 Å². The van der Waals surface area contributed by atoms with Crippen LogP contribution < -0.4 is 20.3 Å². The molecule has 0 spiro atoms. The van der Waals surface area contributed by atoms with Gasteiger partial charge in [0.15, 0.2) is 12.7 Å². The summed E-state index contributed by atoms with van der Waals surface area (Å²) in [6.07, 6.45) is -0.840. The Labute approximate surface area is 173 Å². The van der Waals surface area contributed by atoms with E-state index in [4.69, 9.17) is 25.8 Å². The first-order valence-electron chi connectivity index (χ1n) is 8.80. The van der Waals surface area contributed by atoms with Gasteiger partial charge in [0.2, 0.25) is 0 Å². The van der Waals surface area contributed by atoms with Crippen LogP contribution in [0.25, 0.3) is 0 Å². The van der Waals surface area contributed by atoms with Crippen molar-refractivity contribution in [3.05, 3.63) is 59.1 Å². The molecule has 1 unspecified atom stereocenters. The van der Waals surface area contributed by atoms with Crippen molar-refractivity contribution >= 4 is 29.4 Å². The molecule has 0 saturated carbocycles. The van der Waals surface area contributed by atoms with Crippen LogP contribution in [0.15, 0.2) is 48.5 Å². The predicted octanol–water partition coefficient (Wildman–Crippen LogP) is 2.51. The van der Waals surface area contributed by atoms with Gasteiger partial charge in [-0.1, -0.05) is 11.6 Å². The fraction of sp³-hybridized carbons (Fsp3) is 0.250. The van der Waals surface area contributed by atoms with Gasteiger partial charge < -0.3 is 14.2 Å². The van der Waals surface area contributed by atoms with Gasteiger partial charge in [0.25, 0.3) is 11.8 Å². The van der Waals surface area contributed by atoms with Gasteiger partial charge in [-0.15, -0.1) is 0 Å². The number of amides is 2. The Kier molecular flexibility index (Phi) is 8.29. The molecule has 0 heterocycles. The molecule has 2 rings (SSSR count). The van der Waals surface area contributed by atoms with Crippen molar-refractivity contribution in [3.63, 3.8) is 0 Å². The summed E-state index contributed by atoms with van der Waals surface area (Å²) in [5.41, 5.74) is 4.87. The summed E-state index contributed by atoms with van der Waals surface area (Å²) in [4.78, 5) is 35.4. The first-order valence-corrected chi connectivity index (χ1v) is 9.17. The first kappa shape index (κ1) is 22.0. The van der Waals surface area contributed by atoms with E-state index < -0.39 is 23.9 Å². The van der Waals surface area contributed by atoms with Crippen LogP contribution in [0.5, 0.6) is 11.5 Å². The smallest absolute Gasteiger partial charge is 0.338 e. The SMILES string of the molecule is CCOC(=O)c1ccc(OCC(=O)NNC(=O)C(C)Oc2ccc(Cl)cc2)cc1. The zero-order chi connectivity index (χ0) is 21.2. The Morgan fingerprint density at radius 2 is 1.59 bits per heavy atom. The second-order valence-electron chi connectivity index (χ2n) is 5.78. The van der Waals surface area contributed by atoms with E-state index in [2.05, 4.69) is 10.9 Å². The van der Waals surface area contributed by atoms with Crippen LogP contribution in [0.4, 0.5) is 0 Å². The van der Waals surface area contributed by atoms with Crippen molar-refractivity contribution in [2.24, 2.45) is 0 Å². The van der Waals surface area contributed by atoms with Gasteiger partial charge in [0, 0.05) is 5.02 Å². The maximum absolute atomic E-state index is 12.0. The number of halogens is 1. The van der Waals surface area contributed by atoms with Gasteiger partial charge >= 0.3 is 5.97 Å². The van der Waals surface area contributed by atoms with Gasteiger partial charge in [0.05, 0.1) is 12.2 Å². The van der Waals surface area contributed by atoms with Crippen LogP contribution in [0, 0.1) is 0 Å². The molecule has 0 saturated heterocycles. The molecular weight excluding hydrogens is 400 g/mol. The second-order valence-corrected chi connectivity index (χ2v) is 6.22. The van der Waals surface area contributed by atoms with Crippen molar-refractivity contribution in [1.82, 2.24) is 10.9 Å². The lowest BCUT2D eigenvalue weighted by molar-refractivity contribution is -0.133. The van der Waals surface area contributed by atoms with E-state index in [1.807, 2.05) is 0 Å². The number of rotatable bonds is 8. The molecule has 154 valence electrons. The number of carbonyl (C=O) groups excluding carboxylic acids is 3. The largest absolute Gasteiger partial charge is 0.484 e. The lowest BCUT2D eigenvalue weighted by Gasteiger charge is -2.15. The quantitative estimate of drug-likeness (QED) is 0.502. The van der Waals surface area contributed by atoms with Crippen LogP contribution in [0.3, 0.4) is 0 Å². The molecule has 2 aromatic rings. The first-order chi connectivity index (χ1) is 13.9. The minimum Gasteiger partial charge on any atom is -0.484 e. The Morgan fingerprint density at radius 3 is 2.21 bits per heavy atom. The molecule has 0 aliphatic heterocycles. The third-order valence-corrected chi connectivity index (χ3v) is 3.81. The third-order valence-electron chi connectivity index (χ3n) is 3.56. The number of hydrogen-bond acceptors (Lipinski definition) is 6. The molecule has 2 amide bonds. The van der Waals surface area contributed by atoms with Crippen molar-refractivity contribution in [1.29, 1.82) is 0 Å². The molecule has 0 aromatic heterocycles. The van der Waals surface area contributed by atoms with Gasteiger partial charge in [0.1, 0.15) is 11.5 Å². The van der Waals surface area contributed by atoms with E-state index in [0.717, 1.165) is 0 Å². The van der Waals surface area contributed by atoms with Crippen LogP contribution in [-0.2, 0) is 14.3 Å². The van der Waals surface area contributed by atoms with E-state index in [9.17, 15) is 14.4 Å². The fourth-order valence-electron chi connectivity index (χ4n) is 2.09. The van der Waals surface area contributed by atoms with Crippen LogP contribution in [-0.4, -0.2) is 37.1 Å². The van der Waals surface area contributed by atoms with Crippen LogP contribution in [0.2, 0.25) is 5.02 Å². The highest BCUT2D eigenvalue weighted by atomic mass is 35.5. The Morgan fingerprint density at radius 1 is 0.966 bits per heavy atom. The average Bonchev–Trinajstić information content (AvgIpc) is 2.72. The zero-order valence-corrected chi connectivity index (χ0v) is 16.7. The van der Waals surface area contributed by atoms with Crippen molar-refractivity contribution in [3.8, 4) is 11.5 Å². The summed E-state index contributed by atoms with van der Waals surface area (Å²) in [7, 11) is 0. The molecule has 1 atom stereocenters. The van der Waals surface area contributed by atoms with E-state index in [1.165, 1.54) is 19.1 Å². The van der Waals surface area contributed by atoms with E-state index in [1.54, 1.807) is 43.3 Å². The molecule has 9 heteroatoms. The zero-order valence-electron chi connectivity index (χ0n) is 15.9. The molecule has 0 fully saturated rings. The molecule has 8 nitrogen and oxygen atoms in total. The predicted molar refractivity (Wildman–Crippen MR) is 106 cm³/mol. The topological polar surface area (TPSA) is 103 Å². The number of nitrogens with one attached hydrogen (secondary N) is 2. The summed E-state index contributed by atoms with van der Waals surface area (Å²) in [6.45, 7) is 3.22. The molecular formula is C20H21ClN2O6. The summed E-state index contributed by atoms with van der Waals surface area (Å²) < 4.78 is 15.6. The van der Waals surface area contributed by atoms with Gasteiger partial charge in [-0.3, -0.25) is 20.4 Å². The molecule has 0 aliphatic carbocycles. The highest BCUT2D eigenvalue weighted by Gasteiger charge is 2.15. The van der Waals surface area contributed by atoms with Crippen LogP contribution in [0.1, 0.15) is 24.2 Å². The lowest BCUT2D eigenvalue weighted by atomic mass is 10.2. The van der Waals surface area contributed by atoms with Crippen molar-refractivity contribution in [2.45, 2.75) is 20.0 Å². The van der Waals surface area contributed by atoms with Gasteiger partial charge in [-0.05, 0) is 62.4 Å². The summed E-state index contributed by atoms with van der Waals surface area (Å²) in [5.74, 6) is -0.676. The van der Waals surface area contributed by atoms with E-state index >= 15 is 0 Å². The standard InChI is InChI=1S/C20H21ClN2O6/c1-3-27-20(26)14-4-8-16(9-5-14)28-12-18(24)22-23-19(25)13(2)29-17-10-6-15(21)7-11-17/h4-11,13H,3,12H2,1-2H3,(H,22,24)(H,23,25). The maximum Gasteiger partial charge on any atom is 0.338 e. The van der Waals surface area contributed by atoms with Gasteiger partial charge in [-0.25, -0.2) is 4.79 Å². The maximum atomic E-state index is 12.0. The second kappa shape index (κ2) is 10.9. The average molecular weight is 421 g/mol. The molecule has 2 N–H and O–H groups in total. The molecule has 0 bridgehead atoms. The lowest BCUT2D eigenvalue weighted by Crippen LogP contribution is -2.48. The number of ether oxygens (including phenoxy) is 3. The Balaban J connectivity index is 1.72. The number of carbonyl (C=O) groups is 3. The molecule has 29 heavy (non-hydrogen) atoms. The summed E-state index contributed by atoms with van der Waals surface area (Å²) in [5, 5.41) is 0.553. The molecule has 0 aliphatic rings. The van der Waals surface area contributed by atoms with Crippen molar-refractivity contribution in [2.75, 3.05) is 13.2 Å². The van der Waals surface area contributed by atoms with Gasteiger partial charge in [-0.2, -0.15) is 0 Å². The number of hydrazine groups is 1. The highest BCUT2D eigenvalue weighted by molar-refractivity contribution is 6.30. The molecule has 0 radical (unpaired) electrons. The highest BCUT2D eigenvalue weighted by Crippen LogP contribution is 2.16. The number of benzene rings is 2. The summed E-state index contributed by atoms with van der Waals surface area (Å²) in [6, 6.07) is 12.7.